The van der Waals surface area contributed by atoms with E-state index in [1.807, 2.05) is 25.7 Å². The van der Waals surface area contributed by atoms with Crippen LogP contribution in [0.1, 0.15) is 33.3 Å². The van der Waals surface area contributed by atoms with E-state index < -0.39 is 11.6 Å². The summed E-state index contributed by atoms with van der Waals surface area (Å²) < 4.78 is 5.52. The third kappa shape index (κ3) is 7.09. The normalized spacial score (nSPS) is 14.4. The highest BCUT2D eigenvalue weighted by molar-refractivity contribution is 5.90. The van der Waals surface area contributed by atoms with Gasteiger partial charge in [0.05, 0.1) is 32.7 Å². The number of hydrogen-bond donors (Lipinski definition) is 2. The highest BCUT2D eigenvalue weighted by atomic mass is 16.6. The van der Waals surface area contributed by atoms with Crippen LogP contribution in [0.5, 0.6) is 0 Å². The molecule has 0 spiro atoms. The maximum atomic E-state index is 12.3. The summed E-state index contributed by atoms with van der Waals surface area (Å²) in [7, 11) is 0. The number of H-pyrrole nitrogens is 1. The number of quaternary nitrogens is 1. The van der Waals surface area contributed by atoms with E-state index in [9.17, 15) is 4.79 Å². The summed E-state index contributed by atoms with van der Waals surface area (Å²) in [5.41, 5.74) is 4.59. The van der Waals surface area contributed by atoms with E-state index in [1.54, 1.807) is 4.90 Å². The minimum absolute atomic E-state index is 0.190. The van der Waals surface area contributed by atoms with Gasteiger partial charge in [0.25, 0.3) is 0 Å². The van der Waals surface area contributed by atoms with Crippen molar-refractivity contribution in [3.05, 3.63) is 60.2 Å². The van der Waals surface area contributed by atoms with E-state index in [-0.39, 0.29) is 6.09 Å². The van der Waals surface area contributed by atoms with Crippen molar-refractivity contribution in [3.63, 3.8) is 0 Å². The number of para-hydroxylation sites is 1. The molecule has 1 aliphatic heterocycles. The van der Waals surface area contributed by atoms with Crippen LogP contribution in [0.15, 0.2) is 54.6 Å². The Morgan fingerprint density at radius 2 is 1.62 bits per heavy atom. The van der Waals surface area contributed by atoms with Gasteiger partial charge in [-0.2, -0.15) is 0 Å². The third-order valence-corrected chi connectivity index (χ3v) is 5.73. The van der Waals surface area contributed by atoms with Crippen molar-refractivity contribution >= 4 is 23.0 Å². The number of piperazine rings is 1. The first-order chi connectivity index (χ1) is 16.1. The summed E-state index contributed by atoms with van der Waals surface area (Å²) in [5.74, 6) is -1.08. The molecule has 0 saturated carbocycles. The molecule has 7 heteroatoms. The van der Waals surface area contributed by atoms with Crippen LogP contribution in [0.2, 0.25) is 0 Å². The number of rotatable bonds is 4. The fraction of sp³-hybridized carbons (Fsp3) is 0.407. The van der Waals surface area contributed by atoms with Crippen molar-refractivity contribution < 1.29 is 24.3 Å². The van der Waals surface area contributed by atoms with Crippen molar-refractivity contribution in [3.8, 4) is 11.3 Å². The van der Waals surface area contributed by atoms with Crippen molar-refractivity contribution in [2.75, 3.05) is 32.7 Å². The van der Waals surface area contributed by atoms with Gasteiger partial charge >= 0.3 is 6.09 Å². The molecule has 2 heterocycles. The van der Waals surface area contributed by atoms with E-state index >= 15 is 0 Å². The predicted molar refractivity (Wildman–Crippen MR) is 131 cm³/mol. The Morgan fingerprint density at radius 3 is 2.24 bits per heavy atom. The number of nitrogens with zero attached hydrogens (tertiary/aromatic N) is 1. The molecule has 182 valence electrons. The molecule has 4 rings (SSSR count). The minimum Gasteiger partial charge on any atom is -0.550 e. The van der Waals surface area contributed by atoms with Gasteiger partial charge in [-0.15, -0.1) is 0 Å². The van der Waals surface area contributed by atoms with Crippen LogP contribution in [-0.4, -0.2) is 60.3 Å². The SMILES string of the molecule is CC(=O)[O-].CC(C)(C)OC(=O)N1CC[NH+](CCc2c(-c3ccccc3)[nH]c3ccccc23)CC1. The molecule has 0 aliphatic carbocycles. The molecule has 34 heavy (non-hydrogen) atoms. The molecule has 7 nitrogen and oxygen atoms in total. The number of nitrogens with one attached hydrogen (secondary N) is 2. The number of benzene rings is 2. The predicted octanol–water partition coefficient (Wildman–Crippen LogP) is 2.27. The zero-order valence-corrected chi connectivity index (χ0v) is 20.5. The summed E-state index contributed by atoms with van der Waals surface area (Å²) in [6.07, 6.45) is 0.820. The molecule has 1 aromatic heterocycles. The number of carbonyl (C=O) groups is 2. The number of ether oxygens (including phenoxy) is 1. The lowest BCUT2D eigenvalue weighted by Crippen LogP contribution is -3.15. The lowest BCUT2D eigenvalue weighted by Gasteiger charge is -2.33. The maximum Gasteiger partial charge on any atom is 0.410 e. The molecular formula is C27H35N3O4. The number of fused-ring (bicyclic) bond motifs is 1. The van der Waals surface area contributed by atoms with Crippen LogP contribution in [0.4, 0.5) is 4.79 Å². The molecule has 0 bridgehead atoms. The Morgan fingerprint density at radius 1 is 1.03 bits per heavy atom. The van der Waals surface area contributed by atoms with Gasteiger partial charge in [-0.05, 0) is 44.9 Å². The van der Waals surface area contributed by atoms with E-state index in [0.29, 0.717) is 0 Å². The topological polar surface area (TPSA) is 89.9 Å². The quantitative estimate of drug-likeness (QED) is 0.619. The van der Waals surface area contributed by atoms with Gasteiger partial charge in [0.1, 0.15) is 5.60 Å². The number of carboxylic acid groups (broad SMARTS) is 1. The molecular weight excluding hydrogens is 430 g/mol. The lowest BCUT2D eigenvalue weighted by molar-refractivity contribution is -0.903. The Balaban J connectivity index is 0.000000751. The van der Waals surface area contributed by atoms with E-state index in [1.165, 1.54) is 27.7 Å². The van der Waals surface area contributed by atoms with Gasteiger partial charge < -0.3 is 24.5 Å². The zero-order valence-electron chi connectivity index (χ0n) is 20.5. The summed E-state index contributed by atoms with van der Waals surface area (Å²) >= 11 is 0. The van der Waals surface area contributed by atoms with Crippen molar-refractivity contribution in [1.29, 1.82) is 0 Å². The number of carboxylic acids is 1. The highest BCUT2D eigenvalue weighted by Crippen LogP contribution is 2.30. The minimum atomic E-state index is -1.08. The molecule has 1 amide bonds. The second-order valence-corrected chi connectivity index (χ2v) is 9.60. The van der Waals surface area contributed by atoms with E-state index in [2.05, 4.69) is 59.6 Å². The largest absolute Gasteiger partial charge is 0.550 e. The monoisotopic (exact) mass is 465 g/mol. The molecule has 0 radical (unpaired) electrons. The second kappa shape index (κ2) is 11.2. The standard InChI is InChI=1S/C25H31N3O2.C2H4O2/c1-25(2,3)30-24(29)28-17-15-27(16-18-28)14-13-21-20-11-7-8-12-22(20)26-23(21)19-9-5-4-6-10-19;1-2(3)4/h4-12,26H,13-18H2,1-3H3;1H3,(H,3,4). The summed E-state index contributed by atoms with van der Waals surface area (Å²) in [4.78, 5) is 28.2. The average molecular weight is 466 g/mol. The van der Waals surface area contributed by atoms with Gasteiger partial charge in [-0.3, -0.25) is 4.90 Å². The first-order valence-electron chi connectivity index (χ1n) is 11.8. The van der Waals surface area contributed by atoms with Gasteiger partial charge in [0, 0.05) is 29.0 Å². The fourth-order valence-corrected chi connectivity index (χ4v) is 4.19. The van der Waals surface area contributed by atoms with Crippen molar-refractivity contribution in [2.45, 2.75) is 39.7 Å². The first kappa shape index (κ1) is 25.3. The van der Waals surface area contributed by atoms with Gasteiger partial charge in [-0.1, -0.05) is 48.5 Å². The molecule has 2 aromatic carbocycles. The molecule has 1 fully saturated rings. The zero-order chi connectivity index (χ0) is 24.7. The summed E-state index contributed by atoms with van der Waals surface area (Å²) in [6, 6.07) is 19.1. The van der Waals surface area contributed by atoms with Crippen LogP contribution in [0.3, 0.4) is 0 Å². The number of hydrogen-bond acceptors (Lipinski definition) is 4. The second-order valence-electron chi connectivity index (χ2n) is 9.60. The van der Waals surface area contributed by atoms with Crippen LogP contribution >= 0.6 is 0 Å². The Hall–Kier alpha value is -3.32. The number of carbonyl (C=O) groups excluding carboxylic acids is 2. The average Bonchev–Trinajstić information content (AvgIpc) is 3.16. The van der Waals surface area contributed by atoms with Crippen LogP contribution < -0.4 is 10.0 Å². The summed E-state index contributed by atoms with van der Waals surface area (Å²) in [5, 5.41) is 10.2. The van der Waals surface area contributed by atoms with Crippen LogP contribution in [-0.2, 0) is 16.0 Å². The Labute approximate surface area is 201 Å². The fourth-order valence-electron chi connectivity index (χ4n) is 4.19. The number of aromatic amines is 1. The molecule has 1 saturated heterocycles. The van der Waals surface area contributed by atoms with Crippen LogP contribution in [0, 0.1) is 0 Å². The van der Waals surface area contributed by atoms with Gasteiger partial charge in [0.2, 0.25) is 0 Å². The smallest absolute Gasteiger partial charge is 0.410 e. The number of amides is 1. The van der Waals surface area contributed by atoms with Gasteiger partial charge in [-0.25, -0.2) is 4.79 Å². The third-order valence-electron chi connectivity index (χ3n) is 5.73. The van der Waals surface area contributed by atoms with E-state index in [4.69, 9.17) is 14.6 Å². The van der Waals surface area contributed by atoms with Crippen molar-refractivity contribution in [1.82, 2.24) is 9.88 Å². The highest BCUT2D eigenvalue weighted by Gasteiger charge is 2.27. The van der Waals surface area contributed by atoms with E-state index in [0.717, 1.165) is 46.1 Å². The molecule has 0 unspecified atom stereocenters. The Bertz CT molecular complexity index is 1090. The van der Waals surface area contributed by atoms with Crippen LogP contribution in [0.25, 0.3) is 22.2 Å². The molecule has 1 aliphatic rings. The van der Waals surface area contributed by atoms with Crippen molar-refractivity contribution in [2.24, 2.45) is 0 Å². The Kier molecular flexibility index (Phi) is 8.34. The molecule has 3 aromatic rings. The first-order valence-corrected chi connectivity index (χ1v) is 11.8. The van der Waals surface area contributed by atoms with Gasteiger partial charge in [0.15, 0.2) is 0 Å². The molecule has 0 atom stereocenters. The summed E-state index contributed by atoms with van der Waals surface area (Å²) in [6.45, 7) is 11.2. The molecule has 2 N–H and O–H groups in total. The lowest BCUT2D eigenvalue weighted by atomic mass is 10.0. The number of aliphatic carboxylic acids is 1. The number of aromatic nitrogens is 1. The maximum absolute atomic E-state index is 12.3.